The van der Waals surface area contributed by atoms with Gasteiger partial charge < -0.3 is 10.6 Å². The largest absolute Gasteiger partial charge is 0.398 e. The van der Waals surface area contributed by atoms with Crippen molar-refractivity contribution in [3.05, 3.63) is 59.4 Å². The molecule has 0 aliphatic carbocycles. The fourth-order valence-electron chi connectivity index (χ4n) is 1.84. The van der Waals surface area contributed by atoms with Gasteiger partial charge >= 0.3 is 0 Å². The molecule has 18 heavy (non-hydrogen) atoms. The second kappa shape index (κ2) is 5.08. The van der Waals surface area contributed by atoms with Crippen molar-refractivity contribution in [2.75, 3.05) is 17.7 Å². The number of rotatable bonds is 3. The molecule has 0 atom stereocenters. The minimum Gasteiger partial charge on any atom is -0.398 e. The Balaban J connectivity index is 2.19. The molecule has 0 spiro atoms. The fourth-order valence-corrected chi connectivity index (χ4v) is 1.84. The molecule has 2 rings (SSSR count). The third kappa shape index (κ3) is 2.62. The molecule has 0 bridgehead atoms. The summed E-state index contributed by atoms with van der Waals surface area (Å²) in [6.45, 7) is 2.49. The number of aryl methyl sites for hydroxylation is 1. The molecule has 0 unspecified atom stereocenters. The number of halogens is 1. The van der Waals surface area contributed by atoms with Crippen LogP contribution in [0.2, 0.25) is 0 Å². The number of hydrogen-bond acceptors (Lipinski definition) is 2. The van der Waals surface area contributed by atoms with Gasteiger partial charge in [-0.2, -0.15) is 0 Å². The summed E-state index contributed by atoms with van der Waals surface area (Å²) >= 11 is 0. The van der Waals surface area contributed by atoms with Crippen LogP contribution in [0.25, 0.3) is 0 Å². The molecule has 0 saturated carbocycles. The molecule has 0 fully saturated rings. The summed E-state index contributed by atoms with van der Waals surface area (Å²) in [7, 11) is 1.93. The highest BCUT2D eigenvalue weighted by atomic mass is 19.1. The van der Waals surface area contributed by atoms with Crippen molar-refractivity contribution in [2.24, 2.45) is 0 Å². The van der Waals surface area contributed by atoms with Crippen LogP contribution in [0.4, 0.5) is 15.8 Å². The molecule has 2 aromatic carbocycles. The average molecular weight is 244 g/mol. The highest BCUT2D eigenvalue weighted by molar-refractivity contribution is 5.59. The standard InChI is InChI=1S/C15H17FN2/c1-11-7-8-13(9-15(11)17)18(2)10-12-5-3-4-6-14(12)16/h3-9H,10,17H2,1-2H3. The van der Waals surface area contributed by atoms with E-state index in [0.29, 0.717) is 12.1 Å². The Labute approximate surface area is 107 Å². The van der Waals surface area contributed by atoms with Crippen molar-refractivity contribution in [3.63, 3.8) is 0 Å². The molecule has 94 valence electrons. The highest BCUT2D eigenvalue weighted by Gasteiger charge is 2.06. The fraction of sp³-hybridized carbons (Fsp3) is 0.200. The van der Waals surface area contributed by atoms with Crippen LogP contribution in [0.5, 0.6) is 0 Å². The van der Waals surface area contributed by atoms with Crippen LogP contribution in [0.1, 0.15) is 11.1 Å². The zero-order chi connectivity index (χ0) is 13.1. The molecule has 0 radical (unpaired) electrons. The van der Waals surface area contributed by atoms with E-state index < -0.39 is 0 Å². The van der Waals surface area contributed by atoms with Gasteiger partial charge in [0.1, 0.15) is 5.82 Å². The van der Waals surface area contributed by atoms with Crippen LogP contribution in [0, 0.1) is 12.7 Å². The maximum absolute atomic E-state index is 13.6. The van der Waals surface area contributed by atoms with Gasteiger partial charge in [-0.1, -0.05) is 24.3 Å². The quantitative estimate of drug-likeness (QED) is 0.839. The van der Waals surface area contributed by atoms with Gasteiger partial charge in [0.15, 0.2) is 0 Å². The molecule has 2 nitrogen and oxygen atoms in total. The molecule has 3 heteroatoms. The second-order valence-corrected chi connectivity index (χ2v) is 4.49. The van der Waals surface area contributed by atoms with Gasteiger partial charge in [0, 0.05) is 30.5 Å². The minimum atomic E-state index is -0.176. The zero-order valence-electron chi connectivity index (χ0n) is 10.7. The lowest BCUT2D eigenvalue weighted by Gasteiger charge is -2.20. The minimum absolute atomic E-state index is 0.176. The maximum atomic E-state index is 13.6. The van der Waals surface area contributed by atoms with Gasteiger partial charge in [0.05, 0.1) is 0 Å². The lowest BCUT2D eigenvalue weighted by atomic mass is 10.1. The summed E-state index contributed by atoms with van der Waals surface area (Å²) in [6.07, 6.45) is 0. The second-order valence-electron chi connectivity index (χ2n) is 4.49. The summed E-state index contributed by atoms with van der Waals surface area (Å²) < 4.78 is 13.6. The first-order chi connectivity index (χ1) is 8.58. The number of nitrogen functional groups attached to an aromatic ring is 1. The van der Waals surface area contributed by atoms with Crippen LogP contribution < -0.4 is 10.6 Å². The lowest BCUT2D eigenvalue weighted by Crippen LogP contribution is -2.17. The Morgan fingerprint density at radius 1 is 1.17 bits per heavy atom. The van der Waals surface area contributed by atoms with E-state index in [1.165, 1.54) is 6.07 Å². The number of nitrogens with zero attached hydrogens (tertiary/aromatic N) is 1. The molecule has 0 saturated heterocycles. The molecule has 0 amide bonds. The molecule has 0 aliphatic heterocycles. The van der Waals surface area contributed by atoms with Gasteiger partial charge in [-0.3, -0.25) is 0 Å². The Kier molecular flexibility index (Phi) is 3.51. The van der Waals surface area contributed by atoms with Crippen molar-refractivity contribution in [2.45, 2.75) is 13.5 Å². The number of hydrogen-bond donors (Lipinski definition) is 1. The Morgan fingerprint density at radius 3 is 2.56 bits per heavy atom. The van der Waals surface area contributed by atoms with Gasteiger partial charge in [0.2, 0.25) is 0 Å². The monoisotopic (exact) mass is 244 g/mol. The Hall–Kier alpha value is -2.03. The van der Waals surface area contributed by atoms with Crippen molar-refractivity contribution in [3.8, 4) is 0 Å². The van der Waals surface area contributed by atoms with E-state index in [4.69, 9.17) is 5.73 Å². The summed E-state index contributed by atoms with van der Waals surface area (Å²) in [6, 6.07) is 12.7. The lowest BCUT2D eigenvalue weighted by molar-refractivity contribution is 0.608. The van der Waals surface area contributed by atoms with Crippen LogP contribution in [-0.2, 0) is 6.54 Å². The van der Waals surface area contributed by atoms with Crippen molar-refractivity contribution < 1.29 is 4.39 Å². The zero-order valence-corrected chi connectivity index (χ0v) is 10.7. The predicted octanol–water partition coefficient (Wildman–Crippen LogP) is 3.35. The SMILES string of the molecule is Cc1ccc(N(C)Cc2ccccc2F)cc1N. The van der Waals surface area contributed by atoms with E-state index in [-0.39, 0.29) is 5.82 Å². The van der Waals surface area contributed by atoms with Crippen LogP contribution in [0.3, 0.4) is 0 Å². The number of nitrogens with two attached hydrogens (primary N) is 1. The molecular weight excluding hydrogens is 227 g/mol. The summed E-state index contributed by atoms with van der Waals surface area (Å²) in [4.78, 5) is 1.98. The summed E-state index contributed by atoms with van der Waals surface area (Å²) in [5.74, 6) is -0.176. The van der Waals surface area contributed by atoms with E-state index >= 15 is 0 Å². The van der Waals surface area contributed by atoms with Gasteiger partial charge in [-0.15, -0.1) is 0 Å². The molecular formula is C15H17FN2. The Bertz CT molecular complexity index is 552. The normalized spacial score (nSPS) is 10.4. The third-order valence-corrected chi connectivity index (χ3v) is 3.07. The Morgan fingerprint density at radius 2 is 1.89 bits per heavy atom. The topological polar surface area (TPSA) is 29.3 Å². The van der Waals surface area contributed by atoms with Crippen LogP contribution >= 0.6 is 0 Å². The molecule has 2 aromatic rings. The van der Waals surface area contributed by atoms with Crippen LogP contribution in [0.15, 0.2) is 42.5 Å². The first-order valence-corrected chi connectivity index (χ1v) is 5.88. The summed E-state index contributed by atoms with van der Waals surface area (Å²) in [5.41, 5.74) is 9.36. The van der Waals surface area contributed by atoms with E-state index in [0.717, 1.165) is 16.9 Å². The third-order valence-electron chi connectivity index (χ3n) is 3.07. The highest BCUT2D eigenvalue weighted by Crippen LogP contribution is 2.21. The van der Waals surface area contributed by atoms with Gasteiger partial charge in [-0.25, -0.2) is 4.39 Å². The van der Waals surface area contributed by atoms with E-state index in [2.05, 4.69) is 0 Å². The molecule has 0 aliphatic rings. The van der Waals surface area contributed by atoms with Gasteiger partial charge in [-0.05, 0) is 30.7 Å². The number of benzene rings is 2. The van der Waals surface area contributed by atoms with Crippen LogP contribution in [-0.4, -0.2) is 7.05 Å². The molecule has 0 aromatic heterocycles. The van der Waals surface area contributed by atoms with E-state index in [1.807, 2.05) is 43.1 Å². The average Bonchev–Trinajstić information content (AvgIpc) is 2.35. The van der Waals surface area contributed by atoms with E-state index in [1.54, 1.807) is 12.1 Å². The first kappa shape index (κ1) is 12.4. The van der Waals surface area contributed by atoms with Crippen molar-refractivity contribution in [1.29, 1.82) is 0 Å². The maximum Gasteiger partial charge on any atom is 0.128 e. The van der Waals surface area contributed by atoms with Gasteiger partial charge in [0.25, 0.3) is 0 Å². The van der Waals surface area contributed by atoms with Crippen molar-refractivity contribution >= 4 is 11.4 Å². The predicted molar refractivity (Wildman–Crippen MR) is 74.1 cm³/mol. The van der Waals surface area contributed by atoms with Crippen molar-refractivity contribution in [1.82, 2.24) is 0 Å². The van der Waals surface area contributed by atoms with E-state index in [9.17, 15) is 4.39 Å². The number of anilines is 2. The smallest absolute Gasteiger partial charge is 0.128 e. The first-order valence-electron chi connectivity index (χ1n) is 5.88. The molecule has 2 N–H and O–H groups in total. The summed E-state index contributed by atoms with van der Waals surface area (Å²) in [5, 5.41) is 0. The molecule has 0 heterocycles.